The Morgan fingerprint density at radius 2 is 1.67 bits per heavy atom. The molecule has 0 saturated heterocycles. The number of rotatable bonds is 3. The molecule has 1 atom stereocenters. The lowest BCUT2D eigenvalue weighted by molar-refractivity contribution is 0.357. The van der Waals surface area contributed by atoms with Gasteiger partial charge in [0.25, 0.3) is 0 Å². The number of aromatic hydroxyl groups is 1. The van der Waals surface area contributed by atoms with Crippen molar-refractivity contribution in [2.75, 3.05) is 0 Å². The standard InChI is InChI=1S/C16H25NO/c1-13(15-11-7-8-12-16(15)18)17-14-9-5-3-2-4-6-10-14/h7-8,11-14,17-18H,2-6,9-10H2,1H3. The molecule has 0 aromatic heterocycles. The molecule has 0 heterocycles. The molecule has 1 aliphatic rings. The topological polar surface area (TPSA) is 32.3 Å². The summed E-state index contributed by atoms with van der Waals surface area (Å²) in [5.41, 5.74) is 1.01. The minimum absolute atomic E-state index is 0.232. The Balaban J connectivity index is 1.93. The fourth-order valence-electron chi connectivity index (χ4n) is 2.92. The molecule has 0 bridgehead atoms. The van der Waals surface area contributed by atoms with Crippen molar-refractivity contribution in [2.45, 2.75) is 64.0 Å². The van der Waals surface area contributed by atoms with Gasteiger partial charge in [-0.1, -0.05) is 50.3 Å². The van der Waals surface area contributed by atoms with Crippen molar-refractivity contribution >= 4 is 0 Å². The van der Waals surface area contributed by atoms with E-state index in [4.69, 9.17) is 0 Å². The Kier molecular flexibility index (Phi) is 5.06. The Labute approximate surface area is 110 Å². The van der Waals surface area contributed by atoms with Gasteiger partial charge in [0, 0.05) is 17.6 Å². The second kappa shape index (κ2) is 6.79. The second-order valence-corrected chi connectivity index (χ2v) is 5.49. The van der Waals surface area contributed by atoms with E-state index < -0.39 is 0 Å². The minimum Gasteiger partial charge on any atom is -0.508 e. The number of hydrogen-bond acceptors (Lipinski definition) is 2. The predicted octanol–water partition coefficient (Wildman–Crippen LogP) is 4.16. The highest BCUT2D eigenvalue weighted by Crippen LogP contribution is 2.25. The first kappa shape index (κ1) is 13.4. The van der Waals surface area contributed by atoms with Gasteiger partial charge in [-0.2, -0.15) is 0 Å². The Hall–Kier alpha value is -1.02. The van der Waals surface area contributed by atoms with Gasteiger partial charge in [-0.3, -0.25) is 0 Å². The average Bonchev–Trinajstić information content (AvgIpc) is 2.33. The van der Waals surface area contributed by atoms with Crippen LogP contribution in [0.5, 0.6) is 5.75 Å². The number of phenols is 1. The van der Waals surface area contributed by atoms with Crippen molar-refractivity contribution in [1.82, 2.24) is 5.32 Å². The summed E-state index contributed by atoms with van der Waals surface area (Å²) in [5, 5.41) is 13.6. The van der Waals surface area contributed by atoms with Gasteiger partial charge in [-0.05, 0) is 25.8 Å². The largest absolute Gasteiger partial charge is 0.508 e. The summed E-state index contributed by atoms with van der Waals surface area (Å²) >= 11 is 0. The Morgan fingerprint density at radius 1 is 1.06 bits per heavy atom. The summed E-state index contributed by atoms with van der Waals surface area (Å²) in [6.07, 6.45) is 9.39. The molecule has 0 radical (unpaired) electrons. The van der Waals surface area contributed by atoms with Crippen LogP contribution >= 0.6 is 0 Å². The van der Waals surface area contributed by atoms with Crippen LogP contribution in [-0.2, 0) is 0 Å². The molecule has 1 aromatic carbocycles. The number of phenolic OH excluding ortho intramolecular Hbond substituents is 1. The van der Waals surface area contributed by atoms with E-state index in [0.29, 0.717) is 11.8 Å². The highest BCUT2D eigenvalue weighted by molar-refractivity contribution is 5.34. The van der Waals surface area contributed by atoms with Crippen LogP contribution in [0.4, 0.5) is 0 Å². The number of nitrogens with one attached hydrogen (secondary N) is 1. The summed E-state index contributed by atoms with van der Waals surface area (Å²) in [4.78, 5) is 0. The fourth-order valence-corrected chi connectivity index (χ4v) is 2.92. The summed E-state index contributed by atoms with van der Waals surface area (Å²) in [6, 6.07) is 8.49. The molecule has 2 heteroatoms. The SMILES string of the molecule is CC(NC1CCCCCCC1)c1ccccc1O. The molecule has 100 valence electrons. The van der Waals surface area contributed by atoms with Crippen LogP contribution in [0.3, 0.4) is 0 Å². The molecule has 1 fully saturated rings. The van der Waals surface area contributed by atoms with Crippen molar-refractivity contribution in [3.05, 3.63) is 29.8 Å². The zero-order valence-corrected chi connectivity index (χ0v) is 11.4. The number of hydrogen-bond donors (Lipinski definition) is 2. The van der Waals surface area contributed by atoms with Crippen molar-refractivity contribution in [3.63, 3.8) is 0 Å². The molecule has 2 nitrogen and oxygen atoms in total. The summed E-state index contributed by atoms with van der Waals surface area (Å²) in [5.74, 6) is 0.406. The molecule has 0 amide bonds. The summed E-state index contributed by atoms with van der Waals surface area (Å²) < 4.78 is 0. The van der Waals surface area contributed by atoms with Crippen LogP contribution in [0.1, 0.15) is 63.5 Å². The van der Waals surface area contributed by atoms with Crippen molar-refractivity contribution in [3.8, 4) is 5.75 Å². The van der Waals surface area contributed by atoms with E-state index in [9.17, 15) is 5.11 Å². The maximum absolute atomic E-state index is 9.87. The first-order valence-electron chi connectivity index (χ1n) is 7.31. The summed E-state index contributed by atoms with van der Waals surface area (Å²) in [6.45, 7) is 2.15. The lowest BCUT2D eigenvalue weighted by Gasteiger charge is -2.25. The van der Waals surface area contributed by atoms with E-state index in [1.165, 1.54) is 44.9 Å². The van der Waals surface area contributed by atoms with Crippen LogP contribution in [0.25, 0.3) is 0 Å². The third kappa shape index (κ3) is 3.74. The van der Waals surface area contributed by atoms with Crippen LogP contribution in [0, 0.1) is 0 Å². The van der Waals surface area contributed by atoms with Gasteiger partial charge in [0.15, 0.2) is 0 Å². The summed E-state index contributed by atoms with van der Waals surface area (Å²) in [7, 11) is 0. The molecule has 2 N–H and O–H groups in total. The molecule has 2 rings (SSSR count). The molecule has 1 aliphatic carbocycles. The van der Waals surface area contributed by atoms with E-state index in [2.05, 4.69) is 12.2 Å². The van der Waals surface area contributed by atoms with E-state index in [-0.39, 0.29) is 6.04 Å². The van der Waals surface area contributed by atoms with E-state index in [1.54, 1.807) is 6.07 Å². The zero-order chi connectivity index (χ0) is 12.8. The Morgan fingerprint density at radius 3 is 2.33 bits per heavy atom. The van der Waals surface area contributed by atoms with Crippen molar-refractivity contribution < 1.29 is 5.11 Å². The van der Waals surface area contributed by atoms with Crippen LogP contribution in [0.2, 0.25) is 0 Å². The molecule has 1 aromatic rings. The molecule has 0 aliphatic heterocycles. The maximum atomic E-state index is 9.87. The molecular formula is C16H25NO. The average molecular weight is 247 g/mol. The smallest absolute Gasteiger partial charge is 0.120 e. The van der Waals surface area contributed by atoms with Gasteiger partial charge in [-0.25, -0.2) is 0 Å². The third-order valence-electron chi connectivity index (χ3n) is 3.99. The van der Waals surface area contributed by atoms with Gasteiger partial charge < -0.3 is 10.4 Å². The number of benzene rings is 1. The van der Waals surface area contributed by atoms with Gasteiger partial charge in [0.2, 0.25) is 0 Å². The molecular weight excluding hydrogens is 222 g/mol. The van der Waals surface area contributed by atoms with Gasteiger partial charge >= 0.3 is 0 Å². The van der Waals surface area contributed by atoms with Gasteiger partial charge in [-0.15, -0.1) is 0 Å². The van der Waals surface area contributed by atoms with Crippen molar-refractivity contribution in [1.29, 1.82) is 0 Å². The third-order valence-corrected chi connectivity index (χ3v) is 3.99. The van der Waals surface area contributed by atoms with Crippen LogP contribution in [0.15, 0.2) is 24.3 Å². The predicted molar refractivity (Wildman–Crippen MR) is 75.8 cm³/mol. The Bertz CT molecular complexity index is 356. The monoisotopic (exact) mass is 247 g/mol. The van der Waals surface area contributed by atoms with E-state index in [1.807, 2.05) is 18.2 Å². The lowest BCUT2D eigenvalue weighted by Crippen LogP contribution is -2.32. The van der Waals surface area contributed by atoms with Gasteiger partial charge in [0.05, 0.1) is 0 Å². The quantitative estimate of drug-likeness (QED) is 0.840. The highest BCUT2D eigenvalue weighted by Gasteiger charge is 2.16. The van der Waals surface area contributed by atoms with Gasteiger partial charge in [0.1, 0.15) is 5.75 Å². The first-order valence-corrected chi connectivity index (χ1v) is 7.31. The second-order valence-electron chi connectivity index (χ2n) is 5.49. The van der Waals surface area contributed by atoms with Crippen LogP contribution in [-0.4, -0.2) is 11.1 Å². The fraction of sp³-hybridized carbons (Fsp3) is 0.625. The lowest BCUT2D eigenvalue weighted by atomic mass is 9.95. The van der Waals surface area contributed by atoms with E-state index in [0.717, 1.165) is 5.56 Å². The normalized spacial score (nSPS) is 20.1. The van der Waals surface area contributed by atoms with E-state index >= 15 is 0 Å². The van der Waals surface area contributed by atoms with Crippen molar-refractivity contribution in [2.24, 2.45) is 0 Å². The molecule has 1 saturated carbocycles. The zero-order valence-electron chi connectivity index (χ0n) is 11.4. The molecule has 0 spiro atoms. The number of para-hydroxylation sites is 1. The molecule has 18 heavy (non-hydrogen) atoms. The van der Waals surface area contributed by atoms with Crippen LogP contribution < -0.4 is 5.32 Å². The highest BCUT2D eigenvalue weighted by atomic mass is 16.3. The first-order chi connectivity index (χ1) is 8.77. The maximum Gasteiger partial charge on any atom is 0.120 e. The molecule has 1 unspecified atom stereocenters. The minimum atomic E-state index is 0.232.